The van der Waals surface area contributed by atoms with Crippen molar-refractivity contribution in [3.8, 4) is 17.1 Å². The van der Waals surface area contributed by atoms with Crippen LogP contribution in [-0.2, 0) is 5.75 Å². The quantitative estimate of drug-likeness (QED) is 0.268. The third kappa shape index (κ3) is 4.30. The molecule has 0 aliphatic rings. The molecule has 2 aromatic heterocycles. The molecule has 0 N–H and O–H groups in total. The Morgan fingerprint density at radius 1 is 1.22 bits per heavy atom. The van der Waals surface area contributed by atoms with Gasteiger partial charge in [0.05, 0.1) is 11.4 Å². The molecule has 4 nitrogen and oxygen atoms in total. The zero-order valence-corrected chi connectivity index (χ0v) is 16.8. The standard InChI is InChI=1S/C18H11ClFN3OS3/c19-12-4-6-15(7-5-12)23-18(25)27-17(22-23)26-10-14-9-24-16(21-14)11-2-1-3-13(20)8-11/h1-9H,10H2. The van der Waals surface area contributed by atoms with Crippen molar-refractivity contribution in [3.63, 3.8) is 0 Å². The van der Waals surface area contributed by atoms with Gasteiger partial charge in [-0.05, 0) is 54.7 Å². The van der Waals surface area contributed by atoms with E-state index in [9.17, 15) is 4.39 Å². The maximum atomic E-state index is 13.3. The summed E-state index contributed by atoms with van der Waals surface area (Å²) >= 11 is 14.3. The van der Waals surface area contributed by atoms with E-state index in [1.165, 1.54) is 35.2 Å². The Balaban J connectivity index is 1.47. The van der Waals surface area contributed by atoms with Crippen LogP contribution in [0.4, 0.5) is 4.39 Å². The highest BCUT2D eigenvalue weighted by atomic mass is 35.5. The summed E-state index contributed by atoms with van der Waals surface area (Å²) in [7, 11) is 0. The Labute approximate surface area is 172 Å². The Bertz CT molecular complexity index is 1140. The summed E-state index contributed by atoms with van der Waals surface area (Å²) in [5, 5.41) is 5.21. The van der Waals surface area contributed by atoms with Crippen LogP contribution in [-0.4, -0.2) is 14.8 Å². The van der Waals surface area contributed by atoms with Crippen molar-refractivity contribution >= 4 is 46.9 Å². The van der Waals surface area contributed by atoms with Gasteiger partial charge in [0.25, 0.3) is 0 Å². The second kappa shape index (κ2) is 7.93. The van der Waals surface area contributed by atoms with Crippen molar-refractivity contribution in [3.05, 3.63) is 75.3 Å². The molecule has 0 saturated carbocycles. The van der Waals surface area contributed by atoms with Gasteiger partial charge in [0.1, 0.15) is 12.1 Å². The monoisotopic (exact) mass is 435 g/mol. The number of benzene rings is 2. The van der Waals surface area contributed by atoms with Gasteiger partial charge in [0.15, 0.2) is 8.29 Å². The molecule has 0 aliphatic carbocycles. The van der Waals surface area contributed by atoms with Gasteiger partial charge in [-0.25, -0.2) is 14.1 Å². The van der Waals surface area contributed by atoms with E-state index in [1.807, 2.05) is 12.1 Å². The summed E-state index contributed by atoms with van der Waals surface area (Å²) in [6.07, 6.45) is 1.57. The zero-order valence-electron chi connectivity index (χ0n) is 13.6. The lowest BCUT2D eigenvalue weighted by atomic mass is 10.2. The topological polar surface area (TPSA) is 43.9 Å². The fraction of sp³-hybridized carbons (Fsp3) is 0.0556. The first-order chi connectivity index (χ1) is 13.1. The number of aromatic nitrogens is 3. The molecule has 27 heavy (non-hydrogen) atoms. The van der Waals surface area contributed by atoms with Gasteiger partial charge in [-0.2, -0.15) is 0 Å². The van der Waals surface area contributed by atoms with E-state index in [2.05, 4.69) is 10.1 Å². The van der Waals surface area contributed by atoms with Gasteiger partial charge >= 0.3 is 0 Å². The molecular weight excluding hydrogens is 425 g/mol. The highest BCUT2D eigenvalue weighted by Crippen LogP contribution is 2.28. The van der Waals surface area contributed by atoms with Crippen LogP contribution in [0.2, 0.25) is 5.02 Å². The van der Waals surface area contributed by atoms with Gasteiger partial charge in [0.2, 0.25) is 5.89 Å². The average Bonchev–Trinajstić information content (AvgIpc) is 3.27. The first-order valence-electron chi connectivity index (χ1n) is 7.78. The molecule has 2 heterocycles. The molecule has 9 heteroatoms. The lowest BCUT2D eigenvalue weighted by Crippen LogP contribution is -1.95. The van der Waals surface area contributed by atoms with Gasteiger partial charge in [-0.15, -0.1) is 5.10 Å². The predicted molar refractivity (Wildman–Crippen MR) is 109 cm³/mol. The number of hydrogen-bond donors (Lipinski definition) is 0. The normalized spacial score (nSPS) is 11.0. The average molecular weight is 436 g/mol. The van der Waals surface area contributed by atoms with Crippen molar-refractivity contribution < 1.29 is 8.81 Å². The molecule has 0 unspecified atom stereocenters. The van der Waals surface area contributed by atoms with Gasteiger partial charge < -0.3 is 4.42 Å². The molecule has 2 aromatic carbocycles. The second-order valence-corrected chi connectivity index (χ2v) is 8.75. The molecule has 0 bridgehead atoms. The summed E-state index contributed by atoms with van der Waals surface area (Å²) < 4.78 is 22.0. The molecule has 0 aliphatic heterocycles. The summed E-state index contributed by atoms with van der Waals surface area (Å²) in [5.41, 5.74) is 2.22. The van der Waals surface area contributed by atoms with Crippen molar-refractivity contribution in [2.24, 2.45) is 0 Å². The van der Waals surface area contributed by atoms with Crippen molar-refractivity contribution in [2.45, 2.75) is 10.1 Å². The van der Waals surface area contributed by atoms with E-state index in [0.717, 1.165) is 15.7 Å². The second-order valence-electron chi connectivity index (χ2n) is 5.47. The maximum absolute atomic E-state index is 13.3. The predicted octanol–water partition coefficient (Wildman–Crippen LogP) is 6.40. The van der Waals surface area contributed by atoms with Crippen LogP contribution < -0.4 is 0 Å². The third-order valence-electron chi connectivity index (χ3n) is 3.57. The number of hydrogen-bond acceptors (Lipinski definition) is 6. The smallest absolute Gasteiger partial charge is 0.226 e. The number of oxazole rings is 1. The van der Waals surface area contributed by atoms with Gasteiger partial charge in [0, 0.05) is 16.3 Å². The molecule has 4 rings (SSSR count). The Hall–Kier alpha value is -2.00. The Morgan fingerprint density at radius 3 is 2.81 bits per heavy atom. The first kappa shape index (κ1) is 18.4. The van der Waals surface area contributed by atoms with E-state index in [4.69, 9.17) is 28.2 Å². The molecule has 4 aromatic rings. The summed E-state index contributed by atoms with van der Waals surface area (Å²) in [5.74, 6) is 0.639. The molecular formula is C18H11ClFN3OS3. The van der Waals surface area contributed by atoms with Crippen molar-refractivity contribution in [2.75, 3.05) is 0 Å². The minimum atomic E-state index is -0.325. The maximum Gasteiger partial charge on any atom is 0.226 e. The fourth-order valence-electron chi connectivity index (χ4n) is 2.33. The molecule has 0 amide bonds. The van der Waals surface area contributed by atoms with Crippen LogP contribution in [0.15, 0.2) is 63.6 Å². The molecule has 0 atom stereocenters. The van der Waals surface area contributed by atoms with Crippen LogP contribution in [0.25, 0.3) is 17.1 Å². The Morgan fingerprint density at radius 2 is 2.04 bits per heavy atom. The molecule has 0 spiro atoms. The van der Waals surface area contributed by atoms with E-state index >= 15 is 0 Å². The van der Waals surface area contributed by atoms with Crippen LogP contribution in [0.5, 0.6) is 0 Å². The van der Waals surface area contributed by atoms with Gasteiger partial charge in [-0.1, -0.05) is 40.8 Å². The summed E-state index contributed by atoms with van der Waals surface area (Å²) in [6.45, 7) is 0. The minimum absolute atomic E-state index is 0.325. The summed E-state index contributed by atoms with van der Waals surface area (Å²) in [6, 6.07) is 13.5. The molecule has 136 valence electrons. The van der Waals surface area contributed by atoms with Crippen LogP contribution in [0.1, 0.15) is 5.69 Å². The Kier molecular flexibility index (Phi) is 5.40. The molecule has 0 radical (unpaired) electrons. The number of rotatable bonds is 5. The lowest BCUT2D eigenvalue weighted by molar-refractivity contribution is 0.571. The van der Waals surface area contributed by atoms with Crippen molar-refractivity contribution in [1.29, 1.82) is 0 Å². The number of nitrogens with zero attached hydrogens (tertiary/aromatic N) is 3. The lowest BCUT2D eigenvalue weighted by Gasteiger charge is -2.00. The minimum Gasteiger partial charge on any atom is -0.444 e. The van der Waals surface area contributed by atoms with Crippen LogP contribution in [0.3, 0.4) is 0 Å². The fourth-order valence-corrected chi connectivity index (χ4v) is 4.69. The van der Waals surface area contributed by atoms with Crippen molar-refractivity contribution in [1.82, 2.24) is 14.8 Å². The third-order valence-corrected chi connectivity index (χ3v) is 6.22. The highest BCUT2D eigenvalue weighted by molar-refractivity contribution is 8.00. The largest absolute Gasteiger partial charge is 0.444 e. The summed E-state index contributed by atoms with van der Waals surface area (Å²) in [4.78, 5) is 4.41. The zero-order chi connectivity index (χ0) is 18.8. The van der Waals surface area contributed by atoms with E-state index in [1.54, 1.807) is 35.2 Å². The SMILES string of the molecule is Fc1cccc(-c2nc(CSc3nn(-c4ccc(Cl)cc4)c(=S)s3)co2)c1. The highest BCUT2D eigenvalue weighted by Gasteiger charge is 2.11. The van der Waals surface area contributed by atoms with E-state index < -0.39 is 0 Å². The van der Waals surface area contributed by atoms with E-state index in [0.29, 0.717) is 26.2 Å². The number of halogens is 2. The molecule has 0 saturated heterocycles. The van der Waals surface area contributed by atoms with E-state index in [-0.39, 0.29) is 5.82 Å². The van der Waals surface area contributed by atoms with Crippen LogP contribution in [0, 0.1) is 9.77 Å². The van der Waals surface area contributed by atoms with Gasteiger partial charge in [-0.3, -0.25) is 0 Å². The molecule has 0 fully saturated rings. The number of thioether (sulfide) groups is 1. The first-order valence-corrected chi connectivity index (χ1v) is 10.4. The van der Waals surface area contributed by atoms with Crippen LogP contribution >= 0.6 is 46.9 Å².